The van der Waals surface area contributed by atoms with Gasteiger partial charge in [0.2, 0.25) is 0 Å². The smallest absolute Gasteiger partial charge is 0.191 e. The molecule has 1 aliphatic rings. The van der Waals surface area contributed by atoms with Gasteiger partial charge in [0.25, 0.3) is 0 Å². The van der Waals surface area contributed by atoms with Crippen LogP contribution in [0.5, 0.6) is 0 Å². The second-order valence-corrected chi connectivity index (χ2v) is 8.06. The fraction of sp³-hybridized carbons (Fsp3) is 0.737. The first-order valence-electron chi connectivity index (χ1n) is 9.55. The van der Waals surface area contributed by atoms with Crippen LogP contribution in [0, 0.1) is 0 Å². The fourth-order valence-electron chi connectivity index (χ4n) is 3.22. The van der Waals surface area contributed by atoms with E-state index in [4.69, 9.17) is 0 Å². The summed E-state index contributed by atoms with van der Waals surface area (Å²) in [4.78, 5) is 8.12. The molecule has 0 aliphatic carbocycles. The van der Waals surface area contributed by atoms with Crippen molar-refractivity contribution in [3.05, 3.63) is 22.4 Å². The van der Waals surface area contributed by atoms with Crippen LogP contribution >= 0.6 is 11.3 Å². The van der Waals surface area contributed by atoms with Crippen LogP contribution in [0.2, 0.25) is 0 Å². The monoisotopic (exact) mass is 366 g/mol. The molecule has 0 saturated carbocycles. The van der Waals surface area contributed by atoms with Crippen molar-refractivity contribution in [2.24, 2.45) is 4.99 Å². The van der Waals surface area contributed by atoms with Gasteiger partial charge in [0, 0.05) is 30.6 Å². The predicted molar refractivity (Wildman–Crippen MR) is 107 cm³/mol. The molecule has 0 spiro atoms. The summed E-state index contributed by atoms with van der Waals surface area (Å²) in [6.07, 6.45) is 5.14. The molecule has 2 heterocycles. The number of thiophene rings is 1. The third-order valence-electron chi connectivity index (χ3n) is 4.80. The van der Waals surface area contributed by atoms with E-state index in [0.717, 1.165) is 42.9 Å². The normalized spacial score (nSPS) is 21.8. The molecular weight excluding hydrogens is 332 g/mol. The van der Waals surface area contributed by atoms with Gasteiger partial charge in [0.15, 0.2) is 5.96 Å². The van der Waals surface area contributed by atoms with Crippen molar-refractivity contribution in [1.29, 1.82) is 0 Å². The number of nitrogens with zero attached hydrogens (tertiary/aromatic N) is 2. The average molecular weight is 367 g/mol. The number of rotatable bonds is 8. The second-order valence-electron chi connectivity index (χ2n) is 7.11. The molecule has 2 atom stereocenters. The van der Waals surface area contributed by atoms with Crippen molar-refractivity contribution in [3.8, 4) is 0 Å². The topological polar surface area (TPSA) is 59.9 Å². The molecule has 0 aromatic carbocycles. The third-order valence-corrected chi connectivity index (χ3v) is 5.92. The Labute approximate surface area is 156 Å². The Bertz CT molecular complexity index is 516. The average Bonchev–Trinajstić information content (AvgIpc) is 3.13. The summed E-state index contributed by atoms with van der Waals surface area (Å²) in [6.45, 7) is 10.7. The van der Waals surface area contributed by atoms with E-state index < -0.39 is 5.60 Å². The minimum atomic E-state index is -0.917. The van der Waals surface area contributed by atoms with Crippen molar-refractivity contribution in [2.75, 3.05) is 32.7 Å². The third kappa shape index (κ3) is 6.60. The van der Waals surface area contributed by atoms with Crippen LogP contribution in [-0.2, 0) is 5.60 Å². The first-order valence-corrected chi connectivity index (χ1v) is 10.4. The van der Waals surface area contributed by atoms with Crippen molar-refractivity contribution >= 4 is 17.3 Å². The summed E-state index contributed by atoms with van der Waals surface area (Å²) in [7, 11) is 0. The first kappa shape index (κ1) is 20.2. The SMILES string of the molecule is CCNC(=NCC(C)(O)c1cccs1)NCCCN1CCCCC1C. The van der Waals surface area contributed by atoms with Crippen molar-refractivity contribution < 1.29 is 5.11 Å². The first-order chi connectivity index (χ1) is 12.0. The zero-order chi connectivity index (χ0) is 18.1. The number of hydrogen-bond acceptors (Lipinski definition) is 4. The molecule has 0 bridgehead atoms. The van der Waals surface area contributed by atoms with Gasteiger partial charge in [-0.05, 0) is 58.0 Å². The minimum absolute atomic E-state index is 0.353. The van der Waals surface area contributed by atoms with E-state index >= 15 is 0 Å². The van der Waals surface area contributed by atoms with Gasteiger partial charge in [0.05, 0.1) is 6.54 Å². The minimum Gasteiger partial charge on any atom is -0.383 e. The molecule has 1 aromatic heterocycles. The van der Waals surface area contributed by atoms with Crippen molar-refractivity contribution in [2.45, 2.75) is 58.1 Å². The Morgan fingerprint density at radius 1 is 1.44 bits per heavy atom. The van der Waals surface area contributed by atoms with Gasteiger partial charge in [-0.2, -0.15) is 0 Å². The van der Waals surface area contributed by atoms with Gasteiger partial charge in [-0.15, -0.1) is 11.3 Å². The number of aliphatic hydroxyl groups is 1. The zero-order valence-electron chi connectivity index (χ0n) is 15.9. The van der Waals surface area contributed by atoms with E-state index in [1.54, 1.807) is 11.3 Å². The van der Waals surface area contributed by atoms with E-state index in [1.165, 1.54) is 25.8 Å². The van der Waals surface area contributed by atoms with Crippen LogP contribution in [0.1, 0.15) is 51.3 Å². The lowest BCUT2D eigenvalue weighted by Crippen LogP contribution is -2.42. The Morgan fingerprint density at radius 2 is 2.28 bits per heavy atom. The van der Waals surface area contributed by atoms with Crippen LogP contribution in [0.25, 0.3) is 0 Å². The van der Waals surface area contributed by atoms with E-state index in [1.807, 2.05) is 24.4 Å². The Balaban J connectivity index is 1.77. The molecule has 25 heavy (non-hydrogen) atoms. The van der Waals surface area contributed by atoms with E-state index in [0.29, 0.717) is 6.54 Å². The molecule has 1 saturated heterocycles. The molecule has 1 fully saturated rings. The van der Waals surface area contributed by atoms with Crippen LogP contribution in [0.4, 0.5) is 0 Å². The highest BCUT2D eigenvalue weighted by Crippen LogP contribution is 2.25. The summed E-state index contributed by atoms with van der Waals surface area (Å²) >= 11 is 1.57. The lowest BCUT2D eigenvalue weighted by Gasteiger charge is -2.33. The Morgan fingerprint density at radius 3 is 2.96 bits per heavy atom. The molecule has 0 amide bonds. The van der Waals surface area contributed by atoms with Gasteiger partial charge in [-0.3, -0.25) is 0 Å². The quantitative estimate of drug-likeness (QED) is 0.376. The number of hydrogen-bond donors (Lipinski definition) is 3. The van der Waals surface area contributed by atoms with Crippen molar-refractivity contribution in [3.63, 3.8) is 0 Å². The Hall–Kier alpha value is -1.11. The van der Waals surface area contributed by atoms with E-state index in [2.05, 4.69) is 34.4 Å². The molecule has 6 heteroatoms. The van der Waals surface area contributed by atoms with Crippen molar-refractivity contribution in [1.82, 2.24) is 15.5 Å². The summed E-state index contributed by atoms with van der Waals surface area (Å²) in [5.74, 6) is 0.783. The molecule has 1 aliphatic heterocycles. The van der Waals surface area contributed by atoms with Crippen LogP contribution < -0.4 is 10.6 Å². The molecule has 142 valence electrons. The van der Waals surface area contributed by atoms with Crippen LogP contribution in [0.3, 0.4) is 0 Å². The maximum Gasteiger partial charge on any atom is 0.191 e. The summed E-state index contributed by atoms with van der Waals surface area (Å²) < 4.78 is 0. The number of nitrogens with one attached hydrogen (secondary N) is 2. The van der Waals surface area contributed by atoms with Gasteiger partial charge in [0.1, 0.15) is 5.60 Å². The number of aliphatic imine (C=N–C) groups is 1. The molecule has 1 aromatic rings. The predicted octanol–water partition coefficient (Wildman–Crippen LogP) is 2.78. The number of guanidine groups is 1. The second kappa shape index (κ2) is 10.1. The highest BCUT2D eigenvalue weighted by Gasteiger charge is 2.24. The molecule has 5 nitrogen and oxygen atoms in total. The van der Waals surface area contributed by atoms with Gasteiger partial charge in [-0.1, -0.05) is 12.5 Å². The van der Waals surface area contributed by atoms with Crippen LogP contribution in [0.15, 0.2) is 22.5 Å². The molecule has 3 N–H and O–H groups in total. The highest BCUT2D eigenvalue weighted by atomic mass is 32.1. The fourth-order valence-corrected chi connectivity index (χ4v) is 4.00. The van der Waals surface area contributed by atoms with Gasteiger partial charge < -0.3 is 20.6 Å². The zero-order valence-corrected chi connectivity index (χ0v) is 16.7. The summed E-state index contributed by atoms with van der Waals surface area (Å²) in [6, 6.07) is 4.64. The standard InChI is InChI=1S/C19H34N4OS/c1-4-20-18(22-15-19(3,24)17-10-7-14-25-17)21-11-8-13-23-12-6-5-9-16(23)2/h7,10,14,16,24H,4-6,8-9,11-13,15H2,1-3H3,(H2,20,21,22). The Kier molecular flexibility index (Phi) is 8.19. The molecular formula is C19H34N4OS. The van der Waals surface area contributed by atoms with Gasteiger partial charge >= 0.3 is 0 Å². The number of likely N-dealkylation sites (tertiary alicyclic amines) is 1. The highest BCUT2D eigenvalue weighted by molar-refractivity contribution is 7.10. The summed E-state index contributed by atoms with van der Waals surface area (Å²) in [5, 5.41) is 19.3. The van der Waals surface area contributed by atoms with Gasteiger partial charge in [-0.25, -0.2) is 4.99 Å². The largest absolute Gasteiger partial charge is 0.383 e. The maximum absolute atomic E-state index is 10.6. The lowest BCUT2D eigenvalue weighted by atomic mass is 10.0. The number of piperidine rings is 1. The molecule has 2 unspecified atom stereocenters. The lowest BCUT2D eigenvalue weighted by molar-refractivity contribution is 0.0711. The van der Waals surface area contributed by atoms with Crippen LogP contribution in [-0.4, -0.2) is 54.7 Å². The van der Waals surface area contributed by atoms with E-state index in [9.17, 15) is 5.11 Å². The van der Waals surface area contributed by atoms with E-state index in [-0.39, 0.29) is 0 Å². The molecule has 0 radical (unpaired) electrons. The molecule has 2 rings (SSSR count). The maximum atomic E-state index is 10.6. The summed E-state index contributed by atoms with van der Waals surface area (Å²) in [5.41, 5.74) is -0.917.